The van der Waals surface area contributed by atoms with Gasteiger partial charge in [-0.15, -0.1) is 12.3 Å². The molecule has 17 heavy (non-hydrogen) atoms. The molecule has 0 unspecified atom stereocenters. The number of carboxylic acids is 1. The summed E-state index contributed by atoms with van der Waals surface area (Å²) in [5, 5.41) is 14.3. The number of terminal acetylenes is 1. The molecular weight excluding hydrogens is 220 g/mol. The molecular formula is C12H20N2O3. The topological polar surface area (TPSA) is 78.4 Å². The smallest absolute Gasteiger partial charge is 0.314 e. The van der Waals surface area contributed by atoms with Crippen LogP contribution in [0.1, 0.15) is 33.1 Å². The van der Waals surface area contributed by atoms with Crippen molar-refractivity contribution < 1.29 is 14.7 Å². The fraction of sp³-hybridized carbons (Fsp3) is 0.667. The largest absolute Gasteiger partial charge is 0.481 e. The van der Waals surface area contributed by atoms with Crippen LogP contribution in [0.15, 0.2) is 0 Å². The summed E-state index contributed by atoms with van der Waals surface area (Å²) >= 11 is 0. The second-order valence-corrected chi connectivity index (χ2v) is 3.86. The zero-order valence-corrected chi connectivity index (χ0v) is 10.4. The first-order valence-corrected chi connectivity index (χ1v) is 5.71. The van der Waals surface area contributed by atoms with E-state index in [9.17, 15) is 9.59 Å². The molecule has 5 heteroatoms. The van der Waals surface area contributed by atoms with Crippen molar-refractivity contribution in [2.24, 2.45) is 5.41 Å². The van der Waals surface area contributed by atoms with Gasteiger partial charge < -0.3 is 15.7 Å². The van der Waals surface area contributed by atoms with E-state index in [0.717, 1.165) is 0 Å². The van der Waals surface area contributed by atoms with Crippen LogP contribution in [0.25, 0.3) is 0 Å². The van der Waals surface area contributed by atoms with Gasteiger partial charge in [-0.25, -0.2) is 4.79 Å². The van der Waals surface area contributed by atoms with Crippen LogP contribution < -0.4 is 10.6 Å². The number of hydrogen-bond acceptors (Lipinski definition) is 2. The summed E-state index contributed by atoms with van der Waals surface area (Å²) in [6.45, 7) is 4.11. The first kappa shape index (κ1) is 15.3. The van der Waals surface area contributed by atoms with E-state index in [-0.39, 0.29) is 12.6 Å². The number of aliphatic carboxylic acids is 1. The van der Waals surface area contributed by atoms with Crippen molar-refractivity contribution in [1.29, 1.82) is 0 Å². The van der Waals surface area contributed by atoms with Crippen molar-refractivity contribution in [3.05, 3.63) is 0 Å². The van der Waals surface area contributed by atoms with Crippen molar-refractivity contribution in [1.82, 2.24) is 10.6 Å². The zero-order chi connectivity index (χ0) is 13.3. The van der Waals surface area contributed by atoms with Gasteiger partial charge in [-0.2, -0.15) is 0 Å². The van der Waals surface area contributed by atoms with E-state index in [1.807, 2.05) is 0 Å². The minimum absolute atomic E-state index is 0.122. The molecule has 0 aromatic heterocycles. The number of carboxylic acid groups (broad SMARTS) is 1. The van der Waals surface area contributed by atoms with Gasteiger partial charge >= 0.3 is 12.0 Å². The SMILES string of the molecule is C#CCCNC(=O)NCC(CC)(CC)C(=O)O. The quantitative estimate of drug-likeness (QED) is 0.462. The standard InChI is InChI=1S/C12H20N2O3/c1-4-7-8-13-11(17)14-9-12(5-2,6-3)10(15)16/h1H,5-9H2,2-3H3,(H,15,16)(H2,13,14,17). The fourth-order valence-corrected chi connectivity index (χ4v) is 1.44. The van der Waals surface area contributed by atoms with Gasteiger partial charge in [0.2, 0.25) is 0 Å². The second-order valence-electron chi connectivity index (χ2n) is 3.86. The fourth-order valence-electron chi connectivity index (χ4n) is 1.44. The molecule has 0 atom stereocenters. The number of urea groups is 1. The Balaban J connectivity index is 4.19. The Hall–Kier alpha value is -1.70. The van der Waals surface area contributed by atoms with Crippen molar-refractivity contribution in [2.75, 3.05) is 13.1 Å². The van der Waals surface area contributed by atoms with Crippen LogP contribution >= 0.6 is 0 Å². The Morgan fingerprint density at radius 2 is 1.88 bits per heavy atom. The molecule has 0 heterocycles. The van der Waals surface area contributed by atoms with E-state index in [2.05, 4.69) is 16.6 Å². The van der Waals surface area contributed by atoms with E-state index >= 15 is 0 Å². The van der Waals surface area contributed by atoms with Crippen LogP contribution in [-0.2, 0) is 4.79 Å². The normalized spacial score (nSPS) is 10.4. The summed E-state index contributed by atoms with van der Waals surface area (Å²) in [4.78, 5) is 22.5. The van der Waals surface area contributed by atoms with Crippen LogP contribution in [0.3, 0.4) is 0 Å². The van der Waals surface area contributed by atoms with Crippen molar-refractivity contribution in [3.63, 3.8) is 0 Å². The number of rotatable bonds is 7. The number of amides is 2. The summed E-state index contributed by atoms with van der Waals surface area (Å²) in [6, 6.07) is -0.382. The molecule has 5 nitrogen and oxygen atoms in total. The third kappa shape index (κ3) is 4.77. The summed E-state index contributed by atoms with van der Waals surface area (Å²) in [6.07, 6.45) is 6.45. The van der Waals surface area contributed by atoms with E-state index in [1.54, 1.807) is 13.8 Å². The van der Waals surface area contributed by atoms with E-state index < -0.39 is 11.4 Å². The highest BCUT2D eigenvalue weighted by molar-refractivity contribution is 5.78. The van der Waals surface area contributed by atoms with E-state index in [4.69, 9.17) is 11.5 Å². The molecule has 0 saturated heterocycles. The van der Waals surface area contributed by atoms with Crippen LogP contribution in [0, 0.1) is 17.8 Å². The highest BCUT2D eigenvalue weighted by atomic mass is 16.4. The first-order chi connectivity index (χ1) is 8.02. The van der Waals surface area contributed by atoms with Gasteiger partial charge in [-0.1, -0.05) is 13.8 Å². The van der Waals surface area contributed by atoms with Crippen molar-refractivity contribution in [2.45, 2.75) is 33.1 Å². The molecule has 96 valence electrons. The molecule has 0 radical (unpaired) electrons. The van der Waals surface area contributed by atoms with Crippen LogP contribution in [0.2, 0.25) is 0 Å². The molecule has 0 bridgehead atoms. The summed E-state index contributed by atoms with van der Waals surface area (Å²) in [5.74, 6) is 1.52. The third-order valence-corrected chi connectivity index (χ3v) is 2.95. The molecule has 0 fully saturated rings. The lowest BCUT2D eigenvalue weighted by Crippen LogP contribution is -2.45. The highest BCUT2D eigenvalue weighted by Crippen LogP contribution is 2.25. The van der Waals surface area contributed by atoms with E-state index in [0.29, 0.717) is 25.8 Å². The lowest BCUT2D eigenvalue weighted by molar-refractivity contribution is -0.149. The molecule has 0 aliphatic heterocycles. The van der Waals surface area contributed by atoms with Crippen molar-refractivity contribution in [3.8, 4) is 12.3 Å². The van der Waals surface area contributed by atoms with Gasteiger partial charge in [0.15, 0.2) is 0 Å². The van der Waals surface area contributed by atoms with Gasteiger partial charge in [-0.05, 0) is 12.8 Å². The summed E-state index contributed by atoms with van der Waals surface area (Å²) < 4.78 is 0. The molecule has 0 rings (SSSR count). The minimum atomic E-state index is -0.885. The maximum Gasteiger partial charge on any atom is 0.314 e. The zero-order valence-electron chi connectivity index (χ0n) is 10.4. The molecule has 0 aliphatic carbocycles. The van der Waals surface area contributed by atoms with Crippen LogP contribution in [-0.4, -0.2) is 30.2 Å². The average Bonchev–Trinajstić information content (AvgIpc) is 2.31. The predicted octanol–water partition coefficient (Wildman–Crippen LogP) is 1.20. The van der Waals surface area contributed by atoms with Gasteiger partial charge in [-0.3, -0.25) is 4.79 Å². The van der Waals surface area contributed by atoms with Crippen LogP contribution in [0.5, 0.6) is 0 Å². The maximum absolute atomic E-state index is 11.3. The molecule has 0 aromatic rings. The monoisotopic (exact) mass is 240 g/mol. The molecule has 0 aliphatic rings. The second kappa shape index (κ2) is 7.55. The van der Waals surface area contributed by atoms with Gasteiger partial charge in [0.25, 0.3) is 0 Å². The van der Waals surface area contributed by atoms with E-state index in [1.165, 1.54) is 0 Å². The third-order valence-electron chi connectivity index (χ3n) is 2.95. The maximum atomic E-state index is 11.3. The molecule has 0 saturated carbocycles. The Labute approximate surface area is 102 Å². The molecule has 0 aromatic carbocycles. The summed E-state index contributed by atoms with van der Waals surface area (Å²) in [5.41, 5.74) is -0.885. The minimum Gasteiger partial charge on any atom is -0.481 e. The lowest BCUT2D eigenvalue weighted by Gasteiger charge is -2.26. The number of nitrogens with one attached hydrogen (secondary N) is 2. The number of hydrogen-bond donors (Lipinski definition) is 3. The lowest BCUT2D eigenvalue weighted by atomic mass is 9.82. The summed E-state index contributed by atoms with van der Waals surface area (Å²) in [7, 11) is 0. The Morgan fingerprint density at radius 1 is 1.29 bits per heavy atom. The first-order valence-electron chi connectivity index (χ1n) is 5.71. The Morgan fingerprint density at radius 3 is 2.29 bits per heavy atom. The van der Waals surface area contributed by atoms with Gasteiger partial charge in [0.05, 0.1) is 5.41 Å². The average molecular weight is 240 g/mol. The molecule has 0 spiro atoms. The van der Waals surface area contributed by atoms with Crippen LogP contribution in [0.4, 0.5) is 4.79 Å². The highest BCUT2D eigenvalue weighted by Gasteiger charge is 2.34. The van der Waals surface area contributed by atoms with Gasteiger partial charge in [0, 0.05) is 19.5 Å². The predicted molar refractivity (Wildman–Crippen MR) is 65.5 cm³/mol. The number of carbonyl (C=O) groups is 2. The van der Waals surface area contributed by atoms with Gasteiger partial charge in [0.1, 0.15) is 0 Å². The Kier molecular flexibility index (Phi) is 6.80. The molecule has 2 amide bonds. The van der Waals surface area contributed by atoms with Crippen molar-refractivity contribution >= 4 is 12.0 Å². The Bertz CT molecular complexity index is 303. The molecule has 3 N–H and O–H groups in total. The number of carbonyl (C=O) groups excluding carboxylic acids is 1.